The summed E-state index contributed by atoms with van der Waals surface area (Å²) in [4.78, 5) is 0. The van der Waals surface area contributed by atoms with Crippen LogP contribution in [0.3, 0.4) is 0 Å². The Kier molecular flexibility index (Phi) is 2.71. The van der Waals surface area contributed by atoms with Gasteiger partial charge < -0.3 is 13.9 Å². The monoisotopic (exact) mass is 270 g/mol. The molecular formula is C11H11BrO3. The number of aliphatic hydroxyl groups excluding tert-OH is 1. The van der Waals surface area contributed by atoms with Crippen LogP contribution >= 0.6 is 15.9 Å². The normalized spacial score (nSPS) is 13.1. The van der Waals surface area contributed by atoms with Gasteiger partial charge in [-0.1, -0.05) is 0 Å². The van der Waals surface area contributed by atoms with Crippen LogP contribution in [0.15, 0.2) is 31.7 Å². The molecule has 0 amide bonds. The fraction of sp³-hybridized carbons (Fsp3) is 0.273. The molecule has 80 valence electrons. The SMILES string of the molecule is Cc1cc(C(O)c2occc2Br)c(C)o1. The fourth-order valence-corrected chi connectivity index (χ4v) is 1.98. The van der Waals surface area contributed by atoms with Crippen LogP contribution in [-0.2, 0) is 0 Å². The van der Waals surface area contributed by atoms with Crippen molar-refractivity contribution in [2.24, 2.45) is 0 Å². The van der Waals surface area contributed by atoms with Gasteiger partial charge in [0.1, 0.15) is 17.6 Å². The zero-order valence-corrected chi connectivity index (χ0v) is 10.0. The molecule has 2 aromatic heterocycles. The van der Waals surface area contributed by atoms with Crippen molar-refractivity contribution >= 4 is 15.9 Å². The molecule has 1 atom stereocenters. The van der Waals surface area contributed by atoms with Crippen molar-refractivity contribution in [1.82, 2.24) is 0 Å². The van der Waals surface area contributed by atoms with Gasteiger partial charge >= 0.3 is 0 Å². The number of hydrogen-bond acceptors (Lipinski definition) is 3. The Bertz CT molecular complexity index is 470. The van der Waals surface area contributed by atoms with Crippen LogP contribution in [0.25, 0.3) is 0 Å². The third-order valence-corrected chi connectivity index (χ3v) is 2.92. The number of halogens is 1. The molecular weight excluding hydrogens is 260 g/mol. The molecule has 0 bridgehead atoms. The Balaban J connectivity index is 2.40. The van der Waals surface area contributed by atoms with Gasteiger partial charge in [-0.25, -0.2) is 0 Å². The molecule has 0 radical (unpaired) electrons. The first kappa shape index (κ1) is 10.5. The number of rotatable bonds is 2. The topological polar surface area (TPSA) is 46.5 Å². The Labute approximate surface area is 95.8 Å². The van der Waals surface area contributed by atoms with Gasteiger partial charge in [-0.3, -0.25) is 0 Å². The van der Waals surface area contributed by atoms with Crippen LogP contribution < -0.4 is 0 Å². The molecule has 4 heteroatoms. The number of aliphatic hydroxyl groups is 1. The van der Waals surface area contributed by atoms with E-state index in [0.29, 0.717) is 11.5 Å². The standard InChI is InChI=1S/C11H11BrO3/c1-6-5-8(7(2)15-6)10(13)11-9(12)3-4-14-11/h3-5,10,13H,1-2H3. The first-order valence-electron chi connectivity index (χ1n) is 4.57. The summed E-state index contributed by atoms with van der Waals surface area (Å²) in [5.74, 6) is 1.99. The Hall–Kier alpha value is -1.00. The first-order valence-corrected chi connectivity index (χ1v) is 5.36. The smallest absolute Gasteiger partial charge is 0.151 e. The molecule has 2 heterocycles. The lowest BCUT2D eigenvalue weighted by Gasteiger charge is -2.06. The molecule has 0 spiro atoms. The van der Waals surface area contributed by atoms with Crippen LogP contribution in [-0.4, -0.2) is 5.11 Å². The van der Waals surface area contributed by atoms with Crippen molar-refractivity contribution in [1.29, 1.82) is 0 Å². The number of furan rings is 2. The molecule has 0 aromatic carbocycles. The summed E-state index contributed by atoms with van der Waals surface area (Å²) in [5, 5.41) is 10.1. The molecule has 0 aliphatic rings. The van der Waals surface area contributed by atoms with Gasteiger partial charge in [-0.15, -0.1) is 0 Å². The minimum atomic E-state index is -0.785. The average molecular weight is 271 g/mol. The van der Waals surface area contributed by atoms with E-state index in [1.54, 1.807) is 6.07 Å². The summed E-state index contributed by atoms with van der Waals surface area (Å²) >= 11 is 3.31. The number of hydrogen-bond donors (Lipinski definition) is 1. The van der Waals surface area contributed by atoms with E-state index in [2.05, 4.69) is 15.9 Å². The third-order valence-electron chi connectivity index (χ3n) is 2.27. The van der Waals surface area contributed by atoms with Gasteiger partial charge in [0, 0.05) is 5.56 Å². The van der Waals surface area contributed by atoms with Crippen molar-refractivity contribution in [2.45, 2.75) is 20.0 Å². The summed E-state index contributed by atoms with van der Waals surface area (Å²) in [5.41, 5.74) is 0.739. The molecule has 3 nitrogen and oxygen atoms in total. The predicted octanol–water partition coefficient (Wildman–Crippen LogP) is 3.33. The highest BCUT2D eigenvalue weighted by molar-refractivity contribution is 9.10. The van der Waals surface area contributed by atoms with E-state index in [9.17, 15) is 5.11 Å². The Morgan fingerprint density at radius 1 is 1.40 bits per heavy atom. The van der Waals surface area contributed by atoms with Crippen LogP contribution in [0, 0.1) is 13.8 Å². The lowest BCUT2D eigenvalue weighted by molar-refractivity contribution is 0.186. The highest BCUT2D eigenvalue weighted by Gasteiger charge is 2.21. The second-order valence-corrected chi connectivity index (χ2v) is 4.26. The predicted molar refractivity (Wildman–Crippen MR) is 58.7 cm³/mol. The van der Waals surface area contributed by atoms with Gasteiger partial charge in [-0.05, 0) is 41.9 Å². The molecule has 0 aliphatic carbocycles. The van der Waals surface area contributed by atoms with E-state index in [1.807, 2.05) is 19.9 Å². The van der Waals surface area contributed by atoms with E-state index in [1.165, 1.54) is 6.26 Å². The molecule has 0 aliphatic heterocycles. The van der Waals surface area contributed by atoms with E-state index in [4.69, 9.17) is 8.83 Å². The largest absolute Gasteiger partial charge is 0.466 e. The maximum atomic E-state index is 10.1. The van der Waals surface area contributed by atoms with Crippen molar-refractivity contribution in [3.63, 3.8) is 0 Å². The molecule has 0 saturated carbocycles. The fourth-order valence-electron chi connectivity index (χ4n) is 1.56. The summed E-state index contributed by atoms with van der Waals surface area (Å²) in [7, 11) is 0. The lowest BCUT2D eigenvalue weighted by Crippen LogP contribution is -1.98. The summed E-state index contributed by atoms with van der Waals surface area (Å²) < 4.78 is 11.3. The van der Waals surface area contributed by atoms with E-state index >= 15 is 0 Å². The molecule has 1 unspecified atom stereocenters. The van der Waals surface area contributed by atoms with Crippen LogP contribution in [0.5, 0.6) is 0 Å². The average Bonchev–Trinajstić information content (AvgIpc) is 2.71. The molecule has 0 fully saturated rings. The second-order valence-electron chi connectivity index (χ2n) is 3.40. The van der Waals surface area contributed by atoms with Crippen LogP contribution in [0.2, 0.25) is 0 Å². The molecule has 15 heavy (non-hydrogen) atoms. The lowest BCUT2D eigenvalue weighted by atomic mass is 10.1. The van der Waals surface area contributed by atoms with Gasteiger partial charge in [0.25, 0.3) is 0 Å². The minimum absolute atomic E-state index is 0.499. The van der Waals surface area contributed by atoms with Crippen LogP contribution in [0.4, 0.5) is 0 Å². The third kappa shape index (κ3) is 1.87. The zero-order valence-electron chi connectivity index (χ0n) is 8.45. The van der Waals surface area contributed by atoms with Crippen LogP contribution in [0.1, 0.15) is 28.9 Å². The van der Waals surface area contributed by atoms with Crippen molar-refractivity contribution in [3.05, 3.63) is 45.7 Å². The van der Waals surface area contributed by atoms with Gasteiger partial charge in [0.15, 0.2) is 5.76 Å². The first-order chi connectivity index (χ1) is 7.09. The van der Waals surface area contributed by atoms with Crippen molar-refractivity contribution < 1.29 is 13.9 Å². The van der Waals surface area contributed by atoms with E-state index in [-0.39, 0.29) is 0 Å². The van der Waals surface area contributed by atoms with E-state index in [0.717, 1.165) is 15.8 Å². The summed E-state index contributed by atoms with van der Waals surface area (Å²) in [6, 6.07) is 3.57. The minimum Gasteiger partial charge on any atom is -0.466 e. The van der Waals surface area contributed by atoms with Gasteiger partial charge in [0.2, 0.25) is 0 Å². The molecule has 0 saturated heterocycles. The van der Waals surface area contributed by atoms with E-state index < -0.39 is 6.10 Å². The summed E-state index contributed by atoms with van der Waals surface area (Å²) in [6.07, 6.45) is 0.747. The highest BCUT2D eigenvalue weighted by Crippen LogP contribution is 2.32. The van der Waals surface area contributed by atoms with Gasteiger partial charge in [-0.2, -0.15) is 0 Å². The van der Waals surface area contributed by atoms with Crippen molar-refractivity contribution in [3.8, 4) is 0 Å². The Morgan fingerprint density at radius 2 is 2.13 bits per heavy atom. The maximum absolute atomic E-state index is 10.1. The van der Waals surface area contributed by atoms with Gasteiger partial charge in [0.05, 0.1) is 10.7 Å². The van der Waals surface area contributed by atoms with Crippen molar-refractivity contribution in [2.75, 3.05) is 0 Å². The molecule has 2 aromatic rings. The zero-order chi connectivity index (χ0) is 11.0. The highest BCUT2D eigenvalue weighted by atomic mass is 79.9. The quantitative estimate of drug-likeness (QED) is 0.911. The second kappa shape index (κ2) is 3.87. The molecule has 1 N–H and O–H groups in total. The Morgan fingerprint density at radius 3 is 2.60 bits per heavy atom. The number of aryl methyl sites for hydroxylation is 2. The molecule has 2 rings (SSSR count). The summed E-state index contributed by atoms with van der Waals surface area (Å²) in [6.45, 7) is 3.67. The maximum Gasteiger partial charge on any atom is 0.151 e.